The molecule has 2 rings (SSSR count). The third kappa shape index (κ3) is 1.90. The summed E-state index contributed by atoms with van der Waals surface area (Å²) in [5.74, 6) is 0.786. The van der Waals surface area contributed by atoms with Crippen LogP contribution in [0.15, 0.2) is 18.2 Å². The maximum absolute atomic E-state index is 6.28. The second-order valence-electron chi connectivity index (χ2n) is 4.15. The topological polar surface area (TPSA) is 30.5 Å². The van der Waals surface area contributed by atoms with E-state index in [9.17, 15) is 0 Å². The first kappa shape index (κ1) is 11.7. The summed E-state index contributed by atoms with van der Waals surface area (Å²) in [6.45, 7) is 2.32. The molecule has 1 N–H and O–H groups in total. The van der Waals surface area contributed by atoms with Crippen LogP contribution in [0, 0.1) is 0 Å². The highest BCUT2D eigenvalue weighted by atomic mass is 35.5. The van der Waals surface area contributed by atoms with Crippen LogP contribution in [-0.4, -0.2) is 33.9 Å². The monoisotopic (exact) mass is 241 g/mol. The van der Waals surface area contributed by atoms with Crippen molar-refractivity contribution in [3.05, 3.63) is 28.8 Å². The van der Waals surface area contributed by atoms with Crippen molar-refractivity contribution in [2.24, 2.45) is 0 Å². The molecule has 0 spiro atoms. The smallest absolute Gasteiger partial charge is 0.120 e. The molecule has 0 aliphatic carbocycles. The van der Waals surface area contributed by atoms with Crippen LogP contribution in [-0.2, 0) is 10.2 Å². The minimum Gasteiger partial charge on any atom is -0.497 e. The number of nitrogens with one attached hydrogen (secondary N) is 1. The molecule has 0 radical (unpaired) electrons. The number of likely N-dealkylation sites (N-methyl/N-ethyl adjacent to an activating group) is 1. The summed E-state index contributed by atoms with van der Waals surface area (Å²) >= 11 is 6.28. The van der Waals surface area contributed by atoms with Crippen molar-refractivity contribution in [3.63, 3.8) is 0 Å². The predicted molar refractivity (Wildman–Crippen MR) is 64.4 cm³/mol. The van der Waals surface area contributed by atoms with Crippen LogP contribution < -0.4 is 10.1 Å². The van der Waals surface area contributed by atoms with Crippen molar-refractivity contribution in [2.75, 3.05) is 33.9 Å². The van der Waals surface area contributed by atoms with Crippen LogP contribution in [0.4, 0.5) is 0 Å². The van der Waals surface area contributed by atoms with Gasteiger partial charge in [0.15, 0.2) is 0 Å². The minimum absolute atomic E-state index is 0.0259. The number of methoxy groups -OCH3 is 1. The third-order valence-electron chi connectivity index (χ3n) is 3.02. The van der Waals surface area contributed by atoms with Gasteiger partial charge in [-0.3, -0.25) is 0 Å². The van der Waals surface area contributed by atoms with Gasteiger partial charge in [-0.15, -0.1) is 0 Å². The van der Waals surface area contributed by atoms with Gasteiger partial charge in [-0.25, -0.2) is 0 Å². The van der Waals surface area contributed by atoms with E-state index in [1.807, 2.05) is 25.2 Å². The standard InChI is InChI=1S/C12H16ClNO2/c1-14-6-12(7-16-8-12)10-4-3-9(15-2)5-11(10)13/h3-5,14H,6-8H2,1-2H3. The Morgan fingerprint density at radius 1 is 1.50 bits per heavy atom. The Hall–Kier alpha value is -0.770. The molecular formula is C12H16ClNO2. The van der Waals surface area contributed by atoms with Gasteiger partial charge in [-0.05, 0) is 24.7 Å². The molecular weight excluding hydrogens is 226 g/mol. The van der Waals surface area contributed by atoms with E-state index in [2.05, 4.69) is 5.32 Å². The normalized spacial score (nSPS) is 17.9. The van der Waals surface area contributed by atoms with E-state index in [-0.39, 0.29) is 5.41 Å². The summed E-state index contributed by atoms with van der Waals surface area (Å²) in [5.41, 5.74) is 1.16. The van der Waals surface area contributed by atoms with Crippen LogP contribution in [0.5, 0.6) is 5.75 Å². The van der Waals surface area contributed by atoms with Gasteiger partial charge in [-0.1, -0.05) is 17.7 Å². The number of ether oxygens (including phenoxy) is 2. The van der Waals surface area contributed by atoms with Gasteiger partial charge >= 0.3 is 0 Å². The van der Waals surface area contributed by atoms with E-state index in [0.29, 0.717) is 0 Å². The van der Waals surface area contributed by atoms with Gasteiger partial charge in [0, 0.05) is 11.6 Å². The number of rotatable bonds is 4. The molecule has 0 saturated carbocycles. The van der Waals surface area contributed by atoms with Crippen molar-refractivity contribution in [1.82, 2.24) is 5.32 Å². The lowest BCUT2D eigenvalue weighted by atomic mass is 9.78. The first-order valence-electron chi connectivity index (χ1n) is 5.28. The molecule has 1 aliphatic rings. The maximum atomic E-state index is 6.28. The van der Waals surface area contributed by atoms with Crippen LogP contribution >= 0.6 is 11.6 Å². The van der Waals surface area contributed by atoms with Gasteiger partial charge in [0.25, 0.3) is 0 Å². The van der Waals surface area contributed by atoms with Crippen LogP contribution in [0.25, 0.3) is 0 Å². The fourth-order valence-corrected chi connectivity index (χ4v) is 2.46. The van der Waals surface area contributed by atoms with Gasteiger partial charge in [0.2, 0.25) is 0 Å². The number of hydrogen-bond donors (Lipinski definition) is 1. The average Bonchev–Trinajstić information content (AvgIpc) is 2.24. The molecule has 3 nitrogen and oxygen atoms in total. The molecule has 1 aromatic rings. The molecule has 0 bridgehead atoms. The van der Waals surface area contributed by atoms with Crippen LogP contribution in [0.2, 0.25) is 5.02 Å². The molecule has 4 heteroatoms. The van der Waals surface area contributed by atoms with Gasteiger partial charge in [-0.2, -0.15) is 0 Å². The highest BCUT2D eigenvalue weighted by Crippen LogP contribution is 2.37. The molecule has 1 aliphatic heterocycles. The SMILES string of the molecule is CNCC1(c2ccc(OC)cc2Cl)COC1. The fourth-order valence-electron chi connectivity index (χ4n) is 2.09. The summed E-state index contributed by atoms with van der Waals surface area (Å²) in [6.07, 6.45) is 0. The van der Waals surface area contributed by atoms with E-state index < -0.39 is 0 Å². The lowest BCUT2D eigenvalue weighted by molar-refractivity contribution is -0.0582. The Balaban J connectivity index is 2.31. The van der Waals surface area contributed by atoms with Crippen molar-refractivity contribution in [1.29, 1.82) is 0 Å². The minimum atomic E-state index is 0.0259. The zero-order valence-electron chi connectivity index (χ0n) is 9.55. The Labute approximate surface area is 101 Å². The summed E-state index contributed by atoms with van der Waals surface area (Å²) in [5, 5.41) is 3.94. The largest absolute Gasteiger partial charge is 0.497 e. The third-order valence-corrected chi connectivity index (χ3v) is 3.33. The quantitative estimate of drug-likeness (QED) is 0.873. The maximum Gasteiger partial charge on any atom is 0.120 e. The van der Waals surface area contributed by atoms with Crippen molar-refractivity contribution >= 4 is 11.6 Å². The van der Waals surface area contributed by atoms with E-state index in [1.54, 1.807) is 7.11 Å². The Bertz CT molecular complexity index is 377. The molecule has 0 aromatic heterocycles. The second kappa shape index (κ2) is 4.62. The van der Waals surface area contributed by atoms with Crippen molar-refractivity contribution < 1.29 is 9.47 Å². The van der Waals surface area contributed by atoms with Crippen LogP contribution in [0.1, 0.15) is 5.56 Å². The van der Waals surface area contributed by atoms with Crippen LogP contribution in [0.3, 0.4) is 0 Å². The molecule has 16 heavy (non-hydrogen) atoms. The first-order valence-corrected chi connectivity index (χ1v) is 5.66. The molecule has 0 amide bonds. The molecule has 1 heterocycles. The average molecular weight is 242 g/mol. The Morgan fingerprint density at radius 2 is 2.25 bits per heavy atom. The zero-order chi connectivity index (χ0) is 11.6. The Morgan fingerprint density at radius 3 is 2.69 bits per heavy atom. The summed E-state index contributed by atoms with van der Waals surface area (Å²) in [7, 11) is 3.58. The van der Waals surface area contributed by atoms with Gasteiger partial charge in [0.1, 0.15) is 5.75 Å². The lowest BCUT2D eigenvalue weighted by Crippen LogP contribution is -2.53. The molecule has 0 atom stereocenters. The number of hydrogen-bond acceptors (Lipinski definition) is 3. The summed E-state index contributed by atoms with van der Waals surface area (Å²) < 4.78 is 10.5. The number of halogens is 1. The molecule has 88 valence electrons. The highest BCUT2D eigenvalue weighted by molar-refractivity contribution is 6.31. The molecule has 1 saturated heterocycles. The number of benzene rings is 1. The van der Waals surface area contributed by atoms with Gasteiger partial charge in [0.05, 0.1) is 25.7 Å². The van der Waals surface area contributed by atoms with E-state index in [0.717, 1.165) is 36.1 Å². The summed E-state index contributed by atoms with van der Waals surface area (Å²) in [6, 6.07) is 5.82. The first-order chi connectivity index (χ1) is 7.72. The van der Waals surface area contributed by atoms with E-state index in [1.165, 1.54) is 0 Å². The van der Waals surface area contributed by atoms with E-state index in [4.69, 9.17) is 21.1 Å². The second-order valence-corrected chi connectivity index (χ2v) is 4.56. The molecule has 1 aromatic carbocycles. The van der Waals surface area contributed by atoms with Crippen molar-refractivity contribution in [3.8, 4) is 5.75 Å². The fraction of sp³-hybridized carbons (Fsp3) is 0.500. The van der Waals surface area contributed by atoms with Crippen molar-refractivity contribution in [2.45, 2.75) is 5.41 Å². The summed E-state index contributed by atoms with van der Waals surface area (Å²) in [4.78, 5) is 0. The molecule has 0 unspecified atom stereocenters. The highest BCUT2D eigenvalue weighted by Gasteiger charge is 2.41. The lowest BCUT2D eigenvalue weighted by Gasteiger charge is -2.42. The molecule has 1 fully saturated rings. The van der Waals surface area contributed by atoms with Gasteiger partial charge < -0.3 is 14.8 Å². The Kier molecular flexibility index (Phi) is 3.38. The van der Waals surface area contributed by atoms with E-state index >= 15 is 0 Å². The zero-order valence-corrected chi connectivity index (χ0v) is 10.3. The predicted octanol–water partition coefficient (Wildman–Crippen LogP) is 1.84.